The molecule has 6 nitrogen and oxygen atoms in total. The lowest BCUT2D eigenvalue weighted by Gasteiger charge is -2.31. The summed E-state index contributed by atoms with van der Waals surface area (Å²) in [5.74, 6) is -0.977. The molecule has 4 rings (SSSR count). The van der Waals surface area contributed by atoms with E-state index in [-0.39, 0.29) is 29.2 Å². The van der Waals surface area contributed by atoms with Crippen molar-refractivity contribution in [2.24, 2.45) is 5.92 Å². The fourth-order valence-electron chi connectivity index (χ4n) is 4.43. The average Bonchev–Trinajstić information content (AvgIpc) is 3.38. The molecular weight excluding hydrogens is 447 g/mol. The highest BCUT2D eigenvalue weighted by molar-refractivity contribution is 6.04. The van der Waals surface area contributed by atoms with Gasteiger partial charge in [0.2, 0.25) is 5.91 Å². The van der Waals surface area contributed by atoms with Crippen molar-refractivity contribution >= 4 is 23.4 Å². The molecule has 0 aromatic heterocycles. The van der Waals surface area contributed by atoms with Crippen LogP contribution in [0.1, 0.15) is 52.0 Å². The summed E-state index contributed by atoms with van der Waals surface area (Å²) >= 11 is 0. The van der Waals surface area contributed by atoms with E-state index in [1.165, 1.54) is 12.1 Å². The van der Waals surface area contributed by atoms with Gasteiger partial charge in [-0.15, -0.1) is 0 Å². The van der Waals surface area contributed by atoms with Crippen LogP contribution in [0.15, 0.2) is 48.5 Å². The Morgan fingerprint density at radius 1 is 0.794 bits per heavy atom. The molecule has 2 aromatic rings. The Labute approximate surface area is 195 Å². The summed E-state index contributed by atoms with van der Waals surface area (Å²) in [6, 6.07) is 11.1. The van der Waals surface area contributed by atoms with Crippen LogP contribution in [-0.2, 0) is 11.0 Å². The first-order valence-corrected chi connectivity index (χ1v) is 11.4. The first-order valence-electron chi connectivity index (χ1n) is 11.4. The second-order valence-corrected chi connectivity index (χ2v) is 8.68. The molecule has 0 saturated carbocycles. The largest absolute Gasteiger partial charge is 0.416 e. The highest BCUT2D eigenvalue weighted by Crippen LogP contribution is 2.30. The van der Waals surface area contributed by atoms with Crippen LogP contribution in [0.3, 0.4) is 0 Å². The molecule has 2 fully saturated rings. The second-order valence-electron chi connectivity index (χ2n) is 8.68. The number of likely N-dealkylation sites (tertiary alicyclic amines) is 2. The number of rotatable bonds is 4. The minimum absolute atomic E-state index is 0.0923. The fraction of sp³-hybridized carbons (Fsp3) is 0.400. The molecule has 0 aliphatic carbocycles. The molecule has 180 valence electrons. The molecule has 9 heteroatoms. The van der Waals surface area contributed by atoms with Gasteiger partial charge in [0.15, 0.2) is 0 Å². The minimum Gasteiger partial charge on any atom is -0.339 e. The highest BCUT2D eigenvalue weighted by Gasteiger charge is 2.32. The summed E-state index contributed by atoms with van der Waals surface area (Å²) in [5, 5.41) is 2.88. The molecule has 2 aliphatic heterocycles. The lowest BCUT2D eigenvalue weighted by atomic mass is 9.95. The second kappa shape index (κ2) is 9.87. The molecule has 0 unspecified atom stereocenters. The van der Waals surface area contributed by atoms with E-state index in [0.717, 1.165) is 25.0 Å². The van der Waals surface area contributed by atoms with E-state index in [4.69, 9.17) is 0 Å². The number of para-hydroxylation sites is 1. The maximum atomic E-state index is 12.9. The van der Waals surface area contributed by atoms with Crippen molar-refractivity contribution in [1.82, 2.24) is 9.80 Å². The number of alkyl halides is 3. The molecule has 1 N–H and O–H groups in total. The Bertz CT molecular complexity index is 1060. The van der Waals surface area contributed by atoms with Gasteiger partial charge in [0.1, 0.15) is 0 Å². The van der Waals surface area contributed by atoms with Crippen LogP contribution in [0.25, 0.3) is 0 Å². The molecule has 3 amide bonds. The van der Waals surface area contributed by atoms with Gasteiger partial charge in [0.05, 0.1) is 16.8 Å². The molecule has 2 aliphatic rings. The van der Waals surface area contributed by atoms with Crippen LogP contribution in [-0.4, -0.2) is 53.7 Å². The molecule has 0 bridgehead atoms. The third-order valence-electron chi connectivity index (χ3n) is 6.42. The third kappa shape index (κ3) is 5.24. The number of nitrogens with one attached hydrogen (secondary N) is 1. The Balaban J connectivity index is 1.34. The zero-order chi connectivity index (χ0) is 24.3. The Hall–Kier alpha value is -3.36. The summed E-state index contributed by atoms with van der Waals surface area (Å²) in [5.41, 5.74) is 0.327. The van der Waals surface area contributed by atoms with Gasteiger partial charge >= 0.3 is 6.18 Å². The number of hydrogen-bond acceptors (Lipinski definition) is 3. The van der Waals surface area contributed by atoms with Gasteiger partial charge in [-0.2, -0.15) is 13.2 Å². The van der Waals surface area contributed by atoms with E-state index in [1.807, 2.05) is 0 Å². The number of nitrogens with zero attached hydrogens (tertiary/aromatic N) is 2. The van der Waals surface area contributed by atoms with Gasteiger partial charge in [0, 0.05) is 37.7 Å². The zero-order valence-electron chi connectivity index (χ0n) is 18.6. The van der Waals surface area contributed by atoms with Gasteiger partial charge in [-0.3, -0.25) is 14.4 Å². The van der Waals surface area contributed by atoms with E-state index in [1.54, 1.807) is 34.1 Å². The van der Waals surface area contributed by atoms with Gasteiger partial charge in [-0.1, -0.05) is 12.1 Å². The van der Waals surface area contributed by atoms with E-state index >= 15 is 0 Å². The van der Waals surface area contributed by atoms with Crippen molar-refractivity contribution < 1.29 is 27.6 Å². The predicted molar refractivity (Wildman–Crippen MR) is 120 cm³/mol. The van der Waals surface area contributed by atoms with Crippen molar-refractivity contribution in [2.75, 3.05) is 31.5 Å². The summed E-state index contributed by atoms with van der Waals surface area (Å²) < 4.78 is 38.2. The summed E-state index contributed by atoms with van der Waals surface area (Å²) in [6.07, 6.45) is -1.64. The van der Waals surface area contributed by atoms with Gasteiger partial charge in [0.25, 0.3) is 11.8 Å². The maximum absolute atomic E-state index is 12.9. The lowest BCUT2D eigenvalue weighted by molar-refractivity contribution is -0.137. The number of carbonyl (C=O) groups excluding carboxylic acids is 3. The summed E-state index contributed by atoms with van der Waals surface area (Å²) in [6.45, 7) is 2.08. The molecule has 2 saturated heterocycles. The van der Waals surface area contributed by atoms with Crippen LogP contribution in [0.5, 0.6) is 0 Å². The number of piperidine rings is 1. The fourth-order valence-corrected chi connectivity index (χ4v) is 4.43. The van der Waals surface area contributed by atoms with Gasteiger partial charge < -0.3 is 15.1 Å². The molecule has 2 heterocycles. The maximum Gasteiger partial charge on any atom is 0.416 e. The topological polar surface area (TPSA) is 69.7 Å². The number of carbonyl (C=O) groups is 3. The standard InChI is InChI=1S/C25H26F3N3O3/c26-25(27,28)19-9-7-18(8-10-19)23(33)31-15-11-17(12-16-31)22(32)29-21-6-2-1-5-20(21)24(34)30-13-3-4-14-30/h1-2,5-10,17H,3-4,11-16H2,(H,29,32). The van der Waals surface area contributed by atoms with E-state index < -0.39 is 11.7 Å². The van der Waals surface area contributed by atoms with Crippen molar-refractivity contribution in [3.8, 4) is 0 Å². The minimum atomic E-state index is -4.45. The SMILES string of the molecule is O=C(Nc1ccccc1C(=O)N1CCCC1)C1CCN(C(=O)c2ccc(C(F)(F)F)cc2)CC1. The van der Waals surface area contributed by atoms with E-state index in [9.17, 15) is 27.6 Å². The van der Waals surface area contributed by atoms with Crippen molar-refractivity contribution in [3.63, 3.8) is 0 Å². The number of hydrogen-bond donors (Lipinski definition) is 1. The Morgan fingerprint density at radius 2 is 1.38 bits per heavy atom. The molecule has 34 heavy (non-hydrogen) atoms. The lowest BCUT2D eigenvalue weighted by Crippen LogP contribution is -2.41. The van der Waals surface area contributed by atoms with Crippen molar-refractivity contribution in [3.05, 3.63) is 65.2 Å². The molecular formula is C25H26F3N3O3. The first kappa shape index (κ1) is 23.8. The van der Waals surface area contributed by atoms with Crippen molar-refractivity contribution in [1.29, 1.82) is 0 Å². The Morgan fingerprint density at radius 3 is 2.00 bits per heavy atom. The first-order chi connectivity index (χ1) is 16.2. The van der Waals surface area contributed by atoms with Gasteiger partial charge in [-0.25, -0.2) is 0 Å². The quantitative estimate of drug-likeness (QED) is 0.714. The number of anilines is 1. The average molecular weight is 473 g/mol. The van der Waals surface area contributed by atoms with E-state index in [0.29, 0.717) is 50.3 Å². The summed E-state index contributed by atoms with van der Waals surface area (Å²) in [4.78, 5) is 41.7. The predicted octanol–water partition coefficient (Wildman–Crippen LogP) is 4.43. The highest BCUT2D eigenvalue weighted by atomic mass is 19.4. The molecule has 2 aromatic carbocycles. The monoisotopic (exact) mass is 473 g/mol. The van der Waals surface area contributed by atoms with E-state index in [2.05, 4.69) is 5.32 Å². The Kier molecular flexibility index (Phi) is 6.90. The number of amides is 3. The molecule has 0 atom stereocenters. The third-order valence-corrected chi connectivity index (χ3v) is 6.42. The molecule has 0 spiro atoms. The van der Waals surface area contributed by atoms with Crippen LogP contribution >= 0.6 is 0 Å². The number of benzene rings is 2. The van der Waals surface area contributed by atoms with Crippen LogP contribution < -0.4 is 5.32 Å². The van der Waals surface area contributed by atoms with Crippen LogP contribution in [0, 0.1) is 5.92 Å². The zero-order valence-corrected chi connectivity index (χ0v) is 18.6. The normalized spacial score (nSPS) is 17.0. The van der Waals surface area contributed by atoms with Crippen molar-refractivity contribution in [2.45, 2.75) is 31.9 Å². The smallest absolute Gasteiger partial charge is 0.339 e. The van der Waals surface area contributed by atoms with Crippen LogP contribution in [0.2, 0.25) is 0 Å². The van der Waals surface area contributed by atoms with Gasteiger partial charge in [-0.05, 0) is 62.1 Å². The number of halogens is 3. The van der Waals surface area contributed by atoms with Crippen LogP contribution in [0.4, 0.5) is 18.9 Å². The summed E-state index contributed by atoms with van der Waals surface area (Å²) in [7, 11) is 0. The molecule has 0 radical (unpaired) electrons.